The van der Waals surface area contributed by atoms with Crippen molar-refractivity contribution < 1.29 is 19.1 Å². The molecule has 0 radical (unpaired) electrons. The van der Waals surface area contributed by atoms with Crippen molar-refractivity contribution >= 4 is 39.5 Å². The van der Waals surface area contributed by atoms with Crippen LogP contribution in [0.4, 0.5) is 5.69 Å². The molecule has 1 aliphatic rings. The van der Waals surface area contributed by atoms with Crippen LogP contribution in [0.15, 0.2) is 58.6 Å². The van der Waals surface area contributed by atoms with Gasteiger partial charge in [0, 0.05) is 23.2 Å². The number of hydrogen-bond donors (Lipinski definition) is 1. The summed E-state index contributed by atoms with van der Waals surface area (Å²) in [4.78, 5) is 26.2. The summed E-state index contributed by atoms with van der Waals surface area (Å²) >= 11 is 3.34. The van der Waals surface area contributed by atoms with Gasteiger partial charge in [-0.2, -0.15) is 5.26 Å². The van der Waals surface area contributed by atoms with Crippen LogP contribution in [0.1, 0.15) is 5.56 Å². The molecule has 0 aliphatic carbocycles. The number of ether oxygens (including phenoxy) is 2. The van der Waals surface area contributed by atoms with Crippen LogP contribution < -0.4 is 10.1 Å². The van der Waals surface area contributed by atoms with Gasteiger partial charge in [0.15, 0.2) is 6.61 Å². The van der Waals surface area contributed by atoms with Crippen molar-refractivity contribution in [3.8, 4) is 11.8 Å². The molecule has 0 atom stereocenters. The van der Waals surface area contributed by atoms with Crippen LogP contribution in [0.5, 0.6) is 5.75 Å². The Morgan fingerprint density at radius 1 is 1.20 bits per heavy atom. The molecule has 2 aromatic rings. The molecular weight excluding hydrogens is 450 g/mol. The quantitative estimate of drug-likeness (QED) is 0.517. The molecule has 0 spiro atoms. The fourth-order valence-electron chi connectivity index (χ4n) is 2.79. The lowest BCUT2D eigenvalue weighted by atomic mass is 10.1. The predicted octanol–water partition coefficient (Wildman–Crippen LogP) is 3.23. The van der Waals surface area contributed by atoms with Crippen LogP contribution in [0, 0.1) is 11.3 Å². The van der Waals surface area contributed by atoms with Crippen molar-refractivity contribution in [1.29, 1.82) is 5.26 Å². The number of morpholine rings is 1. The predicted molar refractivity (Wildman–Crippen MR) is 116 cm³/mol. The van der Waals surface area contributed by atoms with Crippen LogP contribution >= 0.6 is 15.9 Å². The average molecular weight is 470 g/mol. The number of halogens is 1. The van der Waals surface area contributed by atoms with Crippen LogP contribution in [-0.4, -0.2) is 49.6 Å². The van der Waals surface area contributed by atoms with E-state index in [-0.39, 0.29) is 18.1 Å². The van der Waals surface area contributed by atoms with Gasteiger partial charge in [0.2, 0.25) is 0 Å². The Morgan fingerprint density at radius 3 is 2.60 bits per heavy atom. The second kappa shape index (κ2) is 10.6. The van der Waals surface area contributed by atoms with Crippen molar-refractivity contribution in [2.45, 2.75) is 0 Å². The minimum absolute atomic E-state index is 0.0221. The highest BCUT2D eigenvalue weighted by atomic mass is 79.9. The molecular formula is C22H20BrN3O4. The van der Waals surface area contributed by atoms with Crippen molar-refractivity contribution in [2.24, 2.45) is 0 Å². The monoisotopic (exact) mass is 469 g/mol. The zero-order chi connectivity index (χ0) is 21.3. The fraction of sp³-hybridized carbons (Fsp3) is 0.227. The molecule has 7 nitrogen and oxygen atoms in total. The van der Waals surface area contributed by atoms with Crippen LogP contribution in [0.25, 0.3) is 6.08 Å². The smallest absolute Gasteiger partial charge is 0.266 e. The van der Waals surface area contributed by atoms with E-state index < -0.39 is 5.91 Å². The normalized spacial score (nSPS) is 14.0. The number of rotatable bonds is 6. The minimum atomic E-state index is -0.493. The molecule has 0 saturated carbocycles. The Bertz CT molecular complexity index is 977. The topological polar surface area (TPSA) is 91.7 Å². The molecule has 1 heterocycles. The molecule has 1 fully saturated rings. The molecule has 1 saturated heterocycles. The van der Waals surface area contributed by atoms with Crippen molar-refractivity contribution in [3.05, 3.63) is 64.1 Å². The number of anilines is 1. The summed E-state index contributed by atoms with van der Waals surface area (Å²) < 4.78 is 11.6. The van der Waals surface area contributed by atoms with Gasteiger partial charge in [0.05, 0.1) is 13.2 Å². The Labute approximate surface area is 183 Å². The Kier molecular flexibility index (Phi) is 7.60. The van der Waals surface area contributed by atoms with Crippen molar-refractivity contribution in [1.82, 2.24) is 4.90 Å². The van der Waals surface area contributed by atoms with Crippen LogP contribution in [-0.2, 0) is 14.3 Å². The standard InChI is InChI=1S/C22H20BrN3O4/c23-18-2-1-3-19(13-18)25-22(28)17(14-24)12-16-4-6-20(7-5-16)30-15-21(27)26-8-10-29-11-9-26/h1-7,12-13H,8-11,15H2,(H,25,28)/b17-12-. The SMILES string of the molecule is N#C/C(=C/c1ccc(OCC(=O)N2CCOCC2)cc1)C(=O)Nc1cccc(Br)c1. The van der Waals surface area contributed by atoms with Crippen LogP contribution in [0.3, 0.4) is 0 Å². The van der Waals surface area contributed by atoms with E-state index in [4.69, 9.17) is 9.47 Å². The first-order valence-electron chi connectivity index (χ1n) is 9.32. The number of carbonyl (C=O) groups is 2. The van der Waals surface area contributed by atoms with E-state index in [1.165, 1.54) is 6.08 Å². The number of nitrogens with zero attached hydrogens (tertiary/aromatic N) is 2. The van der Waals surface area contributed by atoms with Gasteiger partial charge in [-0.15, -0.1) is 0 Å². The Morgan fingerprint density at radius 2 is 1.93 bits per heavy atom. The minimum Gasteiger partial charge on any atom is -0.484 e. The van der Waals surface area contributed by atoms with E-state index in [2.05, 4.69) is 21.2 Å². The molecule has 2 amide bonds. The van der Waals surface area contributed by atoms with Gasteiger partial charge < -0.3 is 19.7 Å². The second-order valence-electron chi connectivity index (χ2n) is 6.49. The highest BCUT2D eigenvalue weighted by Crippen LogP contribution is 2.18. The summed E-state index contributed by atoms with van der Waals surface area (Å²) in [6.07, 6.45) is 1.50. The zero-order valence-electron chi connectivity index (χ0n) is 16.1. The largest absolute Gasteiger partial charge is 0.484 e. The lowest BCUT2D eigenvalue weighted by Crippen LogP contribution is -2.42. The molecule has 8 heteroatoms. The van der Waals surface area contributed by atoms with E-state index in [9.17, 15) is 14.9 Å². The van der Waals surface area contributed by atoms with Gasteiger partial charge in [-0.05, 0) is 42.0 Å². The third kappa shape index (κ3) is 6.17. The lowest BCUT2D eigenvalue weighted by molar-refractivity contribution is -0.137. The van der Waals surface area contributed by atoms with Gasteiger partial charge in [-0.1, -0.05) is 34.1 Å². The maximum atomic E-state index is 12.4. The first-order chi connectivity index (χ1) is 14.5. The van der Waals surface area contributed by atoms with E-state index in [0.717, 1.165) is 4.47 Å². The van der Waals surface area contributed by atoms with E-state index in [1.54, 1.807) is 47.4 Å². The van der Waals surface area contributed by atoms with Gasteiger partial charge in [0.25, 0.3) is 11.8 Å². The molecule has 1 N–H and O–H groups in total. The molecule has 0 unspecified atom stereocenters. The summed E-state index contributed by atoms with van der Waals surface area (Å²) in [5, 5.41) is 12.0. The van der Waals surface area contributed by atoms with Gasteiger partial charge in [-0.3, -0.25) is 9.59 Å². The summed E-state index contributed by atoms with van der Waals surface area (Å²) in [6.45, 7) is 2.19. The first-order valence-corrected chi connectivity index (χ1v) is 10.1. The first kappa shape index (κ1) is 21.6. The molecule has 2 aromatic carbocycles. The maximum absolute atomic E-state index is 12.4. The molecule has 0 aromatic heterocycles. The second-order valence-corrected chi connectivity index (χ2v) is 7.40. The third-order valence-corrected chi connectivity index (χ3v) is 4.86. The molecule has 0 bridgehead atoms. The summed E-state index contributed by atoms with van der Waals surface area (Å²) in [5.74, 6) is -0.0452. The summed E-state index contributed by atoms with van der Waals surface area (Å²) in [7, 11) is 0. The van der Waals surface area contributed by atoms with Gasteiger partial charge >= 0.3 is 0 Å². The molecule has 1 aliphatic heterocycles. The Balaban J connectivity index is 1.58. The molecule has 154 valence electrons. The molecule has 3 rings (SSSR count). The molecule has 30 heavy (non-hydrogen) atoms. The van der Waals surface area contributed by atoms with E-state index >= 15 is 0 Å². The number of benzene rings is 2. The highest BCUT2D eigenvalue weighted by Gasteiger charge is 2.17. The number of nitriles is 1. The van der Waals surface area contributed by atoms with E-state index in [0.29, 0.717) is 43.3 Å². The number of carbonyl (C=O) groups excluding carboxylic acids is 2. The third-order valence-electron chi connectivity index (χ3n) is 4.36. The number of amides is 2. The average Bonchev–Trinajstić information content (AvgIpc) is 2.77. The Hall–Kier alpha value is -3.15. The summed E-state index contributed by atoms with van der Waals surface area (Å²) in [5.41, 5.74) is 1.23. The van der Waals surface area contributed by atoms with E-state index in [1.807, 2.05) is 12.1 Å². The lowest BCUT2D eigenvalue weighted by Gasteiger charge is -2.26. The summed E-state index contributed by atoms with van der Waals surface area (Å²) in [6, 6.07) is 15.9. The van der Waals surface area contributed by atoms with Crippen molar-refractivity contribution in [3.63, 3.8) is 0 Å². The number of nitrogens with one attached hydrogen (secondary N) is 1. The van der Waals surface area contributed by atoms with Crippen molar-refractivity contribution in [2.75, 3.05) is 38.2 Å². The maximum Gasteiger partial charge on any atom is 0.266 e. The fourth-order valence-corrected chi connectivity index (χ4v) is 3.19. The van der Waals surface area contributed by atoms with Gasteiger partial charge in [0.1, 0.15) is 17.4 Å². The van der Waals surface area contributed by atoms with Gasteiger partial charge in [-0.25, -0.2) is 0 Å². The number of hydrogen-bond acceptors (Lipinski definition) is 5. The van der Waals surface area contributed by atoms with Crippen LogP contribution in [0.2, 0.25) is 0 Å². The highest BCUT2D eigenvalue weighted by molar-refractivity contribution is 9.10. The zero-order valence-corrected chi connectivity index (χ0v) is 17.7.